The summed E-state index contributed by atoms with van der Waals surface area (Å²) < 4.78 is 0.727. The molecule has 148 valence electrons. The van der Waals surface area contributed by atoms with Crippen LogP contribution >= 0.6 is 27.5 Å². The average Bonchev–Trinajstić information content (AvgIpc) is 2.62. The lowest BCUT2D eigenvalue weighted by molar-refractivity contribution is 0.0954. The van der Waals surface area contributed by atoms with Gasteiger partial charge in [-0.1, -0.05) is 30.7 Å². The molecule has 0 radical (unpaired) electrons. The normalized spacial score (nSPS) is 18.2. The van der Waals surface area contributed by atoms with E-state index in [1.165, 1.54) is 11.3 Å². The number of anilines is 1. The van der Waals surface area contributed by atoms with Gasteiger partial charge in [-0.15, -0.1) is 0 Å². The van der Waals surface area contributed by atoms with Gasteiger partial charge >= 0.3 is 0 Å². The highest BCUT2D eigenvalue weighted by Crippen LogP contribution is 2.44. The smallest absolute Gasteiger partial charge is 0.272 e. The molecule has 1 N–H and O–H groups in total. The molecule has 0 bridgehead atoms. The number of halogens is 2. The molecule has 1 aliphatic rings. The molecule has 3 rings (SSSR count). The van der Waals surface area contributed by atoms with Gasteiger partial charge in [-0.2, -0.15) is 5.10 Å². The maximum atomic E-state index is 12.3. The quantitative estimate of drug-likeness (QED) is 0.449. The van der Waals surface area contributed by atoms with E-state index in [9.17, 15) is 4.79 Å². The van der Waals surface area contributed by atoms with Crippen LogP contribution in [-0.4, -0.2) is 24.2 Å². The molecule has 0 aromatic heterocycles. The van der Waals surface area contributed by atoms with Crippen LogP contribution in [0.5, 0.6) is 0 Å². The van der Waals surface area contributed by atoms with Crippen molar-refractivity contribution < 1.29 is 4.79 Å². The zero-order valence-electron chi connectivity index (χ0n) is 16.6. The molecule has 2 aromatic carbocycles. The van der Waals surface area contributed by atoms with Crippen molar-refractivity contribution in [2.24, 2.45) is 5.10 Å². The van der Waals surface area contributed by atoms with Crippen molar-refractivity contribution >= 4 is 45.3 Å². The lowest BCUT2D eigenvalue weighted by atomic mass is 9.79. The molecular formula is C22H25BrClN3O. The van der Waals surface area contributed by atoms with Crippen LogP contribution in [0.25, 0.3) is 0 Å². The first-order valence-electron chi connectivity index (χ1n) is 9.43. The van der Waals surface area contributed by atoms with Crippen molar-refractivity contribution in [1.82, 2.24) is 5.43 Å². The molecule has 1 heterocycles. The van der Waals surface area contributed by atoms with Crippen LogP contribution in [0.2, 0.25) is 5.02 Å². The summed E-state index contributed by atoms with van der Waals surface area (Å²) in [6, 6.07) is 11.3. The third-order valence-corrected chi connectivity index (χ3v) is 6.33. The highest BCUT2D eigenvalue weighted by atomic mass is 79.9. The van der Waals surface area contributed by atoms with E-state index >= 15 is 0 Å². The summed E-state index contributed by atoms with van der Waals surface area (Å²) >= 11 is 9.92. The molecule has 0 fully saturated rings. The number of amides is 1. The monoisotopic (exact) mass is 461 g/mol. The fourth-order valence-electron chi connectivity index (χ4n) is 4.08. The molecule has 1 amide bonds. The van der Waals surface area contributed by atoms with Crippen molar-refractivity contribution in [2.45, 2.75) is 45.6 Å². The van der Waals surface area contributed by atoms with Gasteiger partial charge in [-0.05, 0) is 78.9 Å². The first kappa shape index (κ1) is 20.9. The van der Waals surface area contributed by atoms with Gasteiger partial charge in [0.1, 0.15) is 0 Å². The summed E-state index contributed by atoms with van der Waals surface area (Å²) in [7, 11) is 0. The Morgan fingerprint density at radius 2 is 2.11 bits per heavy atom. The van der Waals surface area contributed by atoms with Crippen molar-refractivity contribution in [2.75, 3.05) is 11.4 Å². The zero-order chi connectivity index (χ0) is 20.5. The fourth-order valence-corrected chi connectivity index (χ4v) is 4.76. The second kappa shape index (κ2) is 8.26. The molecule has 2 aromatic rings. The summed E-state index contributed by atoms with van der Waals surface area (Å²) in [6.45, 7) is 9.89. The predicted octanol–water partition coefficient (Wildman–Crippen LogP) is 5.98. The van der Waals surface area contributed by atoms with Crippen LogP contribution in [0.3, 0.4) is 0 Å². The summed E-state index contributed by atoms with van der Waals surface area (Å²) in [4.78, 5) is 14.7. The number of hydrogen-bond acceptors (Lipinski definition) is 3. The molecule has 0 aliphatic carbocycles. The number of hydrazone groups is 1. The number of rotatable bonds is 4. The summed E-state index contributed by atoms with van der Waals surface area (Å²) in [5.41, 5.74) is 6.45. The molecule has 0 saturated carbocycles. The Hall–Kier alpha value is -1.85. The summed E-state index contributed by atoms with van der Waals surface area (Å²) in [6.07, 6.45) is 2.69. The third-order valence-electron chi connectivity index (χ3n) is 5.31. The third kappa shape index (κ3) is 4.11. The molecule has 1 unspecified atom stereocenters. The fraction of sp³-hybridized carbons (Fsp3) is 0.364. The largest absolute Gasteiger partial charge is 0.366 e. The van der Waals surface area contributed by atoms with Gasteiger partial charge in [0.15, 0.2) is 0 Å². The molecule has 28 heavy (non-hydrogen) atoms. The van der Waals surface area contributed by atoms with E-state index in [1.54, 1.807) is 12.3 Å². The molecule has 6 heteroatoms. The van der Waals surface area contributed by atoms with E-state index in [1.807, 2.05) is 24.3 Å². The Bertz CT molecular complexity index is 926. The van der Waals surface area contributed by atoms with E-state index < -0.39 is 0 Å². The average molecular weight is 463 g/mol. The lowest BCUT2D eigenvalue weighted by Crippen LogP contribution is -2.48. The van der Waals surface area contributed by atoms with Crippen molar-refractivity contribution in [3.63, 3.8) is 0 Å². The number of carbonyl (C=O) groups excluding carboxylic acids is 1. The lowest BCUT2D eigenvalue weighted by Gasteiger charge is -2.47. The second-order valence-electron chi connectivity index (χ2n) is 7.77. The van der Waals surface area contributed by atoms with Crippen molar-refractivity contribution in [1.29, 1.82) is 0 Å². The van der Waals surface area contributed by atoms with Gasteiger partial charge in [0.2, 0.25) is 0 Å². The predicted molar refractivity (Wildman–Crippen MR) is 121 cm³/mol. The van der Waals surface area contributed by atoms with E-state index in [0.717, 1.165) is 23.0 Å². The number of hydrogen-bond donors (Lipinski definition) is 1. The minimum absolute atomic E-state index is 0.0944. The zero-order valence-corrected chi connectivity index (χ0v) is 18.9. The minimum atomic E-state index is -0.273. The standard InChI is InChI=1S/C22H25BrClN3O/c1-5-27-20-11-19(24)15(10-17(20)14(2)12-22(27,3)4)13-25-26-21(28)16-8-6-7-9-18(16)23/h6-11,13-14H,5,12H2,1-4H3,(H,26,28)/b25-13-. The minimum Gasteiger partial charge on any atom is -0.366 e. The van der Waals surface area contributed by atoms with Gasteiger partial charge in [-0.25, -0.2) is 5.43 Å². The van der Waals surface area contributed by atoms with Crippen LogP contribution in [0.1, 0.15) is 61.5 Å². The molecule has 0 saturated heterocycles. The maximum Gasteiger partial charge on any atom is 0.272 e. The number of nitrogens with one attached hydrogen (secondary N) is 1. The van der Waals surface area contributed by atoms with Gasteiger partial charge in [0.05, 0.1) is 16.8 Å². The molecule has 1 aliphatic heterocycles. The Kier molecular flexibility index (Phi) is 6.15. The first-order valence-corrected chi connectivity index (χ1v) is 10.6. The van der Waals surface area contributed by atoms with E-state index in [4.69, 9.17) is 11.6 Å². The van der Waals surface area contributed by atoms with E-state index in [-0.39, 0.29) is 11.4 Å². The Balaban J connectivity index is 1.84. The summed E-state index contributed by atoms with van der Waals surface area (Å²) in [5, 5.41) is 4.74. The highest BCUT2D eigenvalue weighted by Gasteiger charge is 2.35. The van der Waals surface area contributed by atoms with Gasteiger partial charge in [-0.3, -0.25) is 4.79 Å². The van der Waals surface area contributed by atoms with E-state index in [2.05, 4.69) is 65.1 Å². The van der Waals surface area contributed by atoms with Crippen LogP contribution in [0, 0.1) is 0 Å². The maximum absolute atomic E-state index is 12.3. The van der Waals surface area contributed by atoms with Crippen molar-refractivity contribution in [3.05, 3.63) is 62.6 Å². The number of benzene rings is 2. The van der Waals surface area contributed by atoms with Crippen LogP contribution in [-0.2, 0) is 0 Å². The topological polar surface area (TPSA) is 44.7 Å². The number of nitrogens with zero attached hydrogens (tertiary/aromatic N) is 2. The van der Waals surface area contributed by atoms with Crippen LogP contribution in [0.4, 0.5) is 5.69 Å². The highest BCUT2D eigenvalue weighted by molar-refractivity contribution is 9.10. The Morgan fingerprint density at radius 1 is 1.39 bits per heavy atom. The Morgan fingerprint density at radius 3 is 2.79 bits per heavy atom. The van der Waals surface area contributed by atoms with Gasteiger partial charge in [0.25, 0.3) is 5.91 Å². The molecular weight excluding hydrogens is 438 g/mol. The molecule has 0 spiro atoms. The van der Waals surface area contributed by atoms with Crippen LogP contribution in [0.15, 0.2) is 46.0 Å². The molecule has 4 nitrogen and oxygen atoms in total. The van der Waals surface area contributed by atoms with Gasteiger partial charge < -0.3 is 4.90 Å². The SMILES string of the molecule is CCN1c2cc(Cl)c(/C=N\NC(=O)c3ccccc3Br)cc2C(C)CC1(C)C. The number of carbonyl (C=O) groups is 1. The second-order valence-corrected chi connectivity index (χ2v) is 9.03. The first-order chi connectivity index (χ1) is 13.2. The molecule has 1 atom stereocenters. The van der Waals surface area contributed by atoms with Gasteiger partial charge in [0, 0.05) is 27.8 Å². The van der Waals surface area contributed by atoms with Crippen molar-refractivity contribution in [3.8, 4) is 0 Å². The van der Waals surface area contributed by atoms with E-state index in [0.29, 0.717) is 16.5 Å². The van der Waals surface area contributed by atoms with Crippen LogP contribution < -0.4 is 10.3 Å². The Labute approximate surface area is 180 Å². The number of fused-ring (bicyclic) bond motifs is 1. The summed E-state index contributed by atoms with van der Waals surface area (Å²) in [5.74, 6) is 0.150.